The quantitative estimate of drug-likeness (QED) is 0.584. The molecule has 4 aromatic rings. The maximum atomic E-state index is 13.2. The van der Waals surface area contributed by atoms with E-state index in [0.29, 0.717) is 21.6 Å². The van der Waals surface area contributed by atoms with Crippen molar-refractivity contribution in [3.05, 3.63) is 87.2 Å². The smallest absolute Gasteiger partial charge is 0.266 e. The second-order valence-corrected chi connectivity index (χ2v) is 6.87. The fourth-order valence-electron chi connectivity index (χ4n) is 3.08. The summed E-state index contributed by atoms with van der Waals surface area (Å²) in [7, 11) is 1.86. The molecule has 0 spiro atoms. The molecule has 2 aromatic heterocycles. The fourth-order valence-corrected chi connectivity index (χ4v) is 3.70. The predicted octanol–water partition coefficient (Wildman–Crippen LogP) is 4.52. The highest BCUT2D eigenvalue weighted by molar-refractivity contribution is 7.12. The molecule has 128 valence electrons. The van der Waals surface area contributed by atoms with Crippen LogP contribution < -0.4 is 10.7 Å². The number of anilines is 1. The fraction of sp³-hybridized carbons (Fsp3) is 0.0476. The predicted molar refractivity (Wildman–Crippen MR) is 107 cm³/mol. The Bertz CT molecular complexity index is 1150. The maximum absolute atomic E-state index is 13.2. The van der Waals surface area contributed by atoms with Crippen LogP contribution in [-0.2, 0) is 7.05 Å². The second kappa shape index (κ2) is 6.61. The van der Waals surface area contributed by atoms with Gasteiger partial charge in [0.25, 0.3) is 5.91 Å². The van der Waals surface area contributed by atoms with Crippen molar-refractivity contribution in [3.8, 4) is 11.1 Å². The number of rotatable bonds is 3. The lowest BCUT2D eigenvalue weighted by Crippen LogP contribution is -2.20. The molecule has 0 aliphatic carbocycles. The highest BCUT2D eigenvalue weighted by Gasteiger charge is 2.19. The van der Waals surface area contributed by atoms with Crippen LogP contribution in [0.4, 0.5) is 5.82 Å². The number of thiophene rings is 1. The van der Waals surface area contributed by atoms with Gasteiger partial charge in [-0.25, -0.2) is 0 Å². The molecule has 1 N–H and O–H groups in total. The Hall–Kier alpha value is -3.18. The zero-order chi connectivity index (χ0) is 18.1. The SMILES string of the molecule is Cn1c(NC(=O)c2cccs2)c(-c2ccccc2)c(=O)c2ccccc21. The van der Waals surface area contributed by atoms with Crippen molar-refractivity contribution in [1.29, 1.82) is 0 Å². The first-order chi connectivity index (χ1) is 12.7. The van der Waals surface area contributed by atoms with Crippen molar-refractivity contribution in [2.75, 3.05) is 5.32 Å². The van der Waals surface area contributed by atoms with E-state index in [0.717, 1.165) is 11.1 Å². The Kier molecular flexibility index (Phi) is 4.14. The standard InChI is InChI=1S/C21H16N2O2S/c1-23-16-11-6-5-10-15(16)19(24)18(14-8-3-2-4-9-14)20(23)22-21(25)17-12-7-13-26-17/h2-13H,1H3,(H,22,25). The number of amides is 1. The van der Waals surface area contributed by atoms with Gasteiger partial charge in [-0.15, -0.1) is 11.3 Å². The number of benzene rings is 2. The molecule has 4 nitrogen and oxygen atoms in total. The minimum absolute atomic E-state index is 0.0913. The summed E-state index contributed by atoms with van der Waals surface area (Å²) in [6.45, 7) is 0. The molecule has 2 heterocycles. The summed E-state index contributed by atoms with van der Waals surface area (Å²) >= 11 is 1.37. The minimum atomic E-state index is -0.220. The van der Waals surface area contributed by atoms with Gasteiger partial charge in [-0.3, -0.25) is 9.59 Å². The van der Waals surface area contributed by atoms with E-state index in [1.54, 1.807) is 6.07 Å². The van der Waals surface area contributed by atoms with Crippen molar-refractivity contribution >= 4 is 34.0 Å². The van der Waals surface area contributed by atoms with Crippen molar-refractivity contribution in [3.63, 3.8) is 0 Å². The molecule has 0 aliphatic rings. The maximum Gasteiger partial charge on any atom is 0.266 e. The van der Waals surface area contributed by atoms with Crippen LogP contribution in [0.15, 0.2) is 76.9 Å². The molecule has 0 saturated heterocycles. The monoisotopic (exact) mass is 360 g/mol. The van der Waals surface area contributed by atoms with Crippen molar-refractivity contribution in [2.24, 2.45) is 7.05 Å². The number of carbonyl (C=O) groups excluding carboxylic acids is 1. The number of pyridine rings is 1. The summed E-state index contributed by atoms with van der Waals surface area (Å²) in [6, 6.07) is 20.5. The van der Waals surface area contributed by atoms with E-state index in [-0.39, 0.29) is 11.3 Å². The molecule has 5 heteroatoms. The lowest BCUT2D eigenvalue weighted by Gasteiger charge is -2.18. The first-order valence-electron chi connectivity index (χ1n) is 8.19. The third-order valence-electron chi connectivity index (χ3n) is 4.35. The Labute approximate surface area is 154 Å². The third-order valence-corrected chi connectivity index (χ3v) is 5.22. The zero-order valence-electron chi connectivity index (χ0n) is 14.1. The summed E-state index contributed by atoms with van der Waals surface area (Å²) in [5, 5.41) is 5.43. The second-order valence-electron chi connectivity index (χ2n) is 5.93. The summed E-state index contributed by atoms with van der Waals surface area (Å²) < 4.78 is 1.87. The molecule has 0 radical (unpaired) electrons. The molecular weight excluding hydrogens is 344 g/mol. The summed E-state index contributed by atoms with van der Waals surface area (Å²) in [5.41, 5.74) is 1.96. The first-order valence-corrected chi connectivity index (χ1v) is 9.07. The number of aromatic nitrogens is 1. The molecule has 26 heavy (non-hydrogen) atoms. The van der Waals surface area contributed by atoms with Crippen LogP contribution in [0.2, 0.25) is 0 Å². The van der Waals surface area contributed by atoms with E-state index in [1.807, 2.05) is 77.7 Å². The number of aryl methyl sites for hydroxylation is 1. The van der Waals surface area contributed by atoms with E-state index in [2.05, 4.69) is 5.32 Å². The third kappa shape index (κ3) is 2.72. The van der Waals surface area contributed by atoms with Gasteiger partial charge in [-0.05, 0) is 29.1 Å². The van der Waals surface area contributed by atoms with Crippen molar-refractivity contribution < 1.29 is 4.79 Å². The largest absolute Gasteiger partial charge is 0.330 e. The van der Waals surface area contributed by atoms with Gasteiger partial charge in [-0.2, -0.15) is 0 Å². The number of nitrogens with one attached hydrogen (secondary N) is 1. The molecule has 2 aromatic carbocycles. The Morgan fingerprint density at radius 3 is 2.42 bits per heavy atom. The number of para-hydroxylation sites is 1. The van der Waals surface area contributed by atoms with Crippen LogP contribution in [0.1, 0.15) is 9.67 Å². The van der Waals surface area contributed by atoms with E-state index in [4.69, 9.17) is 0 Å². The lowest BCUT2D eigenvalue weighted by molar-refractivity contribution is 0.103. The van der Waals surface area contributed by atoms with Gasteiger partial charge in [0.15, 0.2) is 5.43 Å². The van der Waals surface area contributed by atoms with Crippen molar-refractivity contribution in [1.82, 2.24) is 4.57 Å². The molecule has 0 fully saturated rings. The lowest BCUT2D eigenvalue weighted by atomic mass is 10.0. The molecule has 0 unspecified atom stereocenters. The van der Waals surface area contributed by atoms with Crippen molar-refractivity contribution in [2.45, 2.75) is 0 Å². The zero-order valence-corrected chi connectivity index (χ0v) is 14.9. The van der Waals surface area contributed by atoms with Crippen LogP contribution >= 0.6 is 11.3 Å². The molecule has 0 aliphatic heterocycles. The normalized spacial score (nSPS) is 10.8. The van der Waals surface area contributed by atoms with Gasteiger partial charge in [0, 0.05) is 12.4 Å². The van der Waals surface area contributed by atoms with Crippen LogP contribution in [-0.4, -0.2) is 10.5 Å². The van der Waals surface area contributed by atoms with Gasteiger partial charge in [0.05, 0.1) is 16.0 Å². The Balaban J connectivity index is 1.99. The van der Waals surface area contributed by atoms with Gasteiger partial charge in [-0.1, -0.05) is 48.5 Å². The van der Waals surface area contributed by atoms with Crippen LogP contribution in [0.25, 0.3) is 22.0 Å². The first kappa shape index (κ1) is 16.3. The van der Waals surface area contributed by atoms with Crippen LogP contribution in [0.5, 0.6) is 0 Å². The molecule has 4 rings (SSSR count). The Morgan fingerprint density at radius 1 is 0.962 bits per heavy atom. The van der Waals surface area contributed by atoms with Gasteiger partial charge < -0.3 is 9.88 Å². The molecule has 1 amide bonds. The van der Waals surface area contributed by atoms with E-state index < -0.39 is 0 Å². The summed E-state index contributed by atoms with van der Waals surface area (Å²) in [5.74, 6) is 0.278. The molecule has 0 saturated carbocycles. The van der Waals surface area contributed by atoms with E-state index in [9.17, 15) is 9.59 Å². The van der Waals surface area contributed by atoms with Crippen LogP contribution in [0.3, 0.4) is 0 Å². The van der Waals surface area contributed by atoms with Crippen LogP contribution in [0, 0.1) is 0 Å². The van der Waals surface area contributed by atoms with Gasteiger partial charge in [0.1, 0.15) is 5.82 Å². The summed E-state index contributed by atoms with van der Waals surface area (Å²) in [6.07, 6.45) is 0. The topological polar surface area (TPSA) is 51.1 Å². The van der Waals surface area contributed by atoms with Gasteiger partial charge in [0.2, 0.25) is 0 Å². The minimum Gasteiger partial charge on any atom is -0.330 e. The Morgan fingerprint density at radius 2 is 1.69 bits per heavy atom. The highest BCUT2D eigenvalue weighted by atomic mass is 32.1. The van der Waals surface area contributed by atoms with Gasteiger partial charge >= 0.3 is 0 Å². The number of fused-ring (bicyclic) bond motifs is 1. The molecule has 0 atom stereocenters. The average molecular weight is 360 g/mol. The summed E-state index contributed by atoms with van der Waals surface area (Å²) in [4.78, 5) is 26.5. The molecular formula is C21H16N2O2S. The number of hydrogen-bond donors (Lipinski definition) is 1. The average Bonchev–Trinajstić information content (AvgIpc) is 3.22. The van der Waals surface area contributed by atoms with E-state index in [1.165, 1.54) is 11.3 Å². The molecule has 0 bridgehead atoms. The number of carbonyl (C=O) groups is 1. The van der Waals surface area contributed by atoms with E-state index >= 15 is 0 Å². The number of nitrogens with zero attached hydrogens (tertiary/aromatic N) is 1. The number of hydrogen-bond acceptors (Lipinski definition) is 3. The highest BCUT2D eigenvalue weighted by Crippen LogP contribution is 2.28.